The molecule has 2 aromatic rings. The summed E-state index contributed by atoms with van der Waals surface area (Å²) in [5, 5.41) is 3.17. The van der Waals surface area contributed by atoms with Gasteiger partial charge in [0.2, 0.25) is 5.95 Å². The van der Waals surface area contributed by atoms with E-state index < -0.39 is 0 Å². The molecule has 0 aliphatic carbocycles. The van der Waals surface area contributed by atoms with Crippen molar-refractivity contribution >= 4 is 5.95 Å². The highest BCUT2D eigenvalue weighted by molar-refractivity contribution is 5.31. The number of nitrogens with one attached hydrogen (secondary N) is 1. The van der Waals surface area contributed by atoms with Crippen LogP contribution in [0.2, 0.25) is 0 Å². The van der Waals surface area contributed by atoms with E-state index in [9.17, 15) is 4.39 Å². The molecule has 1 atom stereocenters. The molecule has 1 aromatic heterocycles. The Hall–Kier alpha value is -1.97. The molecule has 0 saturated heterocycles. The van der Waals surface area contributed by atoms with Gasteiger partial charge >= 0.3 is 0 Å². The van der Waals surface area contributed by atoms with Crippen molar-refractivity contribution in [2.24, 2.45) is 0 Å². The van der Waals surface area contributed by atoms with E-state index in [1.54, 1.807) is 18.3 Å². The molecule has 4 heteroatoms. The summed E-state index contributed by atoms with van der Waals surface area (Å²) in [5.74, 6) is 0.356. The fourth-order valence-electron chi connectivity index (χ4n) is 1.55. The van der Waals surface area contributed by atoms with Gasteiger partial charge in [-0.25, -0.2) is 14.4 Å². The zero-order valence-electron chi connectivity index (χ0n) is 9.81. The molecule has 1 heterocycles. The second-order valence-electron chi connectivity index (χ2n) is 3.94. The van der Waals surface area contributed by atoms with Crippen molar-refractivity contribution in [2.45, 2.75) is 19.9 Å². The lowest BCUT2D eigenvalue weighted by Gasteiger charge is -2.14. The van der Waals surface area contributed by atoms with E-state index >= 15 is 0 Å². The normalized spacial score (nSPS) is 12.2. The fraction of sp³-hybridized carbons (Fsp3) is 0.231. The highest BCUT2D eigenvalue weighted by Crippen LogP contribution is 2.16. The van der Waals surface area contributed by atoms with Crippen molar-refractivity contribution in [3.8, 4) is 0 Å². The Morgan fingerprint density at radius 1 is 1.18 bits per heavy atom. The van der Waals surface area contributed by atoms with Crippen molar-refractivity contribution in [3.05, 3.63) is 53.6 Å². The van der Waals surface area contributed by atoms with Gasteiger partial charge in [-0.1, -0.05) is 12.1 Å². The van der Waals surface area contributed by atoms with Gasteiger partial charge in [0.1, 0.15) is 5.82 Å². The Labute approximate surface area is 99.7 Å². The fourth-order valence-corrected chi connectivity index (χ4v) is 1.55. The predicted octanol–water partition coefficient (Wildman–Crippen LogP) is 3.10. The van der Waals surface area contributed by atoms with Crippen LogP contribution >= 0.6 is 0 Å². The SMILES string of the molecule is Cc1ccnc(NC(C)c2ccc(F)cc2)n1. The summed E-state index contributed by atoms with van der Waals surface area (Å²) in [5.41, 5.74) is 1.91. The standard InChI is InChI=1S/C13H14FN3/c1-9-7-8-15-13(16-9)17-10(2)11-3-5-12(14)6-4-11/h3-8,10H,1-2H3,(H,15,16,17). The topological polar surface area (TPSA) is 37.8 Å². The maximum Gasteiger partial charge on any atom is 0.223 e. The van der Waals surface area contributed by atoms with Crippen molar-refractivity contribution in [2.75, 3.05) is 5.32 Å². The van der Waals surface area contributed by atoms with Crippen molar-refractivity contribution in [1.29, 1.82) is 0 Å². The molecule has 0 aliphatic heterocycles. The Morgan fingerprint density at radius 2 is 1.88 bits per heavy atom. The molecule has 1 aromatic carbocycles. The van der Waals surface area contributed by atoms with Crippen LogP contribution in [0.4, 0.5) is 10.3 Å². The molecule has 1 unspecified atom stereocenters. The quantitative estimate of drug-likeness (QED) is 0.882. The number of aromatic nitrogens is 2. The second kappa shape index (κ2) is 4.91. The molecule has 88 valence electrons. The highest BCUT2D eigenvalue weighted by atomic mass is 19.1. The van der Waals surface area contributed by atoms with Gasteiger partial charge in [0.15, 0.2) is 0 Å². The molecule has 2 rings (SSSR count). The molecule has 0 saturated carbocycles. The van der Waals surface area contributed by atoms with E-state index in [2.05, 4.69) is 15.3 Å². The van der Waals surface area contributed by atoms with Crippen LogP contribution in [-0.2, 0) is 0 Å². The number of nitrogens with zero attached hydrogens (tertiary/aromatic N) is 2. The molecule has 0 aliphatic rings. The molecular formula is C13H14FN3. The molecule has 0 bridgehead atoms. The Balaban J connectivity index is 2.11. The van der Waals surface area contributed by atoms with Gasteiger partial charge in [-0.3, -0.25) is 0 Å². The molecule has 0 spiro atoms. The van der Waals surface area contributed by atoms with Gasteiger partial charge < -0.3 is 5.32 Å². The summed E-state index contributed by atoms with van der Waals surface area (Å²) in [4.78, 5) is 8.39. The van der Waals surface area contributed by atoms with Gasteiger partial charge in [0.25, 0.3) is 0 Å². The largest absolute Gasteiger partial charge is 0.348 e. The zero-order chi connectivity index (χ0) is 12.3. The average molecular weight is 231 g/mol. The first-order valence-electron chi connectivity index (χ1n) is 5.47. The van der Waals surface area contributed by atoms with E-state index in [1.165, 1.54) is 12.1 Å². The maximum atomic E-state index is 12.8. The van der Waals surface area contributed by atoms with Crippen LogP contribution in [0.15, 0.2) is 36.5 Å². The summed E-state index contributed by atoms with van der Waals surface area (Å²) >= 11 is 0. The molecule has 3 nitrogen and oxygen atoms in total. The number of hydrogen-bond donors (Lipinski definition) is 1. The number of rotatable bonds is 3. The number of hydrogen-bond acceptors (Lipinski definition) is 3. The summed E-state index contributed by atoms with van der Waals surface area (Å²) in [6, 6.07) is 8.28. The first kappa shape index (κ1) is 11.5. The molecule has 0 amide bonds. The minimum absolute atomic E-state index is 0.0393. The van der Waals surface area contributed by atoms with Crippen LogP contribution in [0.25, 0.3) is 0 Å². The van der Waals surface area contributed by atoms with E-state index in [4.69, 9.17) is 0 Å². The van der Waals surface area contributed by atoms with Crippen LogP contribution in [0.3, 0.4) is 0 Å². The van der Waals surface area contributed by atoms with E-state index in [-0.39, 0.29) is 11.9 Å². The number of benzene rings is 1. The van der Waals surface area contributed by atoms with Gasteiger partial charge in [0, 0.05) is 11.9 Å². The van der Waals surface area contributed by atoms with E-state index in [0.717, 1.165) is 11.3 Å². The van der Waals surface area contributed by atoms with Gasteiger partial charge in [-0.2, -0.15) is 0 Å². The molecular weight excluding hydrogens is 217 g/mol. The van der Waals surface area contributed by atoms with Gasteiger partial charge in [-0.05, 0) is 37.6 Å². The van der Waals surface area contributed by atoms with Crippen LogP contribution in [-0.4, -0.2) is 9.97 Å². The van der Waals surface area contributed by atoms with Gasteiger partial charge in [-0.15, -0.1) is 0 Å². The Kier molecular flexibility index (Phi) is 3.32. The number of halogens is 1. The van der Waals surface area contributed by atoms with E-state index in [1.807, 2.05) is 19.9 Å². The van der Waals surface area contributed by atoms with E-state index in [0.29, 0.717) is 5.95 Å². The summed E-state index contributed by atoms with van der Waals surface area (Å²) < 4.78 is 12.8. The second-order valence-corrected chi connectivity index (χ2v) is 3.94. The van der Waals surface area contributed by atoms with Crippen molar-refractivity contribution in [1.82, 2.24) is 9.97 Å². The minimum Gasteiger partial charge on any atom is -0.348 e. The minimum atomic E-state index is -0.229. The Bertz CT molecular complexity index is 496. The van der Waals surface area contributed by atoms with Gasteiger partial charge in [0.05, 0.1) is 6.04 Å². The third-order valence-electron chi connectivity index (χ3n) is 2.51. The average Bonchev–Trinajstić information content (AvgIpc) is 2.29. The molecule has 0 radical (unpaired) electrons. The third-order valence-corrected chi connectivity index (χ3v) is 2.51. The lowest BCUT2D eigenvalue weighted by molar-refractivity contribution is 0.626. The molecule has 17 heavy (non-hydrogen) atoms. The first-order valence-corrected chi connectivity index (χ1v) is 5.47. The van der Waals surface area contributed by atoms with Crippen molar-refractivity contribution in [3.63, 3.8) is 0 Å². The van der Waals surface area contributed by atoms with Crippen LogP contribution in [0, 0.1) is 12.7 Å². The summed E-state index contributed by atoms with van der Waals surface area (Å²) in [6.07, 6.45) is 1.71. The smallest absolute Gasteiger partial charge is 0.223 e. The van der Waals surface area contributed by atoms with Crippen LogP contribution in [0.5, 0.6) is 0 Å². The molecule has 1 N–H and O–H groups in total. The number of anilines is 1. The lowest BCUT2D eigenvalue weighted by atomic mass is 10.1. The predicted molar refractivity (Wildman–Crippen MR) is 65.2 cm³/mol. The lowest BCUT2D eigenvalue weighted by Crippen LogP contribution is -2.09. The maximum absolute atomic E-state index is 12.8. The third kappa shape index (κ3) is 3.00. The summed E-state index contributed by atoms with van der Waals surface area (Å²) in [7, 11) is 0. The Morgan fingerprint density at radius 3 is 2.53 bits per heavy atom. The van der Waals surface area contributed by atoms with Crippen LogP contribution < -0.4 is 5.32 Å². The monoisotopic (exact) mass is 231 g/mol. The number of aryl methyl sites for hydroxylation is 1. The highest BCUT2D eigenvalue weighted by Gasteiger charge is 2.06. The van der Waals surface area contributed by atoms with Crippen LogP contribution in [0.1, 0.15) is 24.2 Å². The van der Waals surface area contributed by atoms with Crippen molar-refractivity contribution < 1.29 is 4.39 Å². The molecule has 0 fully saturated rings. The summed E-state index contributed by atoms with van der Waals surface area (Å²) in [6.45, 7) is 3.90. The zero-order valence-corrected chi connectivity index (χ0v) is 9.81. The first-order chi connectivity index (χ1) is 8.15.